The monoisotopic (exact) mass is 523 g/mol. The van der Waals surface area contributed by atoms with E-state index in [2.05, 4.69) is 5.32 Å². The number of nitrogens with one attached hydrogen (secondary N) is 1. The molecule has 1 N–H and O–H groups in total. The first-order valence-corrected chi connectivity index (χ1v) is 11.9. The number of ether oxygens (including phenoxy) is 1. The Morgan fingerprint density at radius 1 is 1.09 bits per heavy atom. The fourth-order valence-electron chi connectivity index (χ4n) is 3.78. The number of nitrogens with zero attached hydrogens (tertiary/aromatic N) is 2. The lowest BCUT2D eigenvalue weighted by atomic mass is 10.2. The van der Waals surface area contributed by atoms with Crippen molar-refractivity contribution in [2.45, 2.75) is 17.5 Å². The minimum atomic E-state index is -4.58. The highest BCUT2D eigenvalue weighted by atomic mass is 35.5. The molecule has 0 amide bonds. The zero-order chi connectivity index (χ0) is 24.7. The Balaban J connectivity index is 1.83. The third kappa shape index (κ3) is 4.93. The van der Waals surface area contributed by atoms with Crippen LogP contribution in [0.5, 0.6) is 5.75 Å². The molecule has 1 aliphatic rings. The van der Waals surface area contributed by atoms with Gasteiger partial charge in [-0.05, 0) is 30.3 Å². The van der Waals surface area contributed by atoms with Crippen molar-refractivity contribution in [3.63, 3.8) is 0 Å². The molecule has 0 bridgehead atoms. The van der Waals surface area contributed by atoms with Crippen LogP contribution < -0.4 is 15.0 Å². The van der Waals surface area contributed by atoms with Gasteiger partial charge >= 0.3 is 6.18 Å². The first-order chi connectivity index (χ1) is 16.0. The van der Waals surface area contributed by atoms with Crippen LogP contribution in [-0.2, 0) is 10.0 Å². The molecule has 3 aromatic rings. The summed E-state index contributed by atoms with van der Waals surface area (Å²) in [6.07, 6.45) is -6.69. The molecule has 0 spiro atoms. The number of anilines is 1. The van der Waals surface area contributed by atoms with E-state index < -0.39 is 34.8 Å². The van der Waals surface area contributed by atoms with E-state index in [0.717, 1.165) is 18.3 Å². The number of hydrogen-bond acceptors (Lipinski definition) is 5. The molecule has 1 aliphatic heterocycles. The van der Waals surface area contributed by atoms with Gasteiger partial charge in [0.2, 0.25) is 0 Å². The lowest BCUT2D eigenvalue weighted by molar-refractivity contribution is -0.153. The lowest BCUT2D eigenvalue weighted by Crippen LogP contribution is -2.43. The van der Waals surface area contributed by atoms with E-state index in [-0.39, 0.29) is 32.3 Å². The van der Waals surface area contributed by atoms with Crippen LogP contribution in [0.3, 0.4) is 0 Å². The molecule has 0 unspecified atom stereocenters. The van der Waals surface area contributed by atoms with E-state index >= 15 is 0 Å². The third-order valence-electron chi connectivity index (χ3n) is 5.34. The second kappa shape index (κ2) is 9.23. The number of aromatic nitrogens is 1. The minimum absolute atomic E-state index is 0.0236. The maximum absolute atomic E-state index is 13.6. The zero-order valence-electron chi connectivity index (χ0n) is 17.4. The Hall–Kier alpha value is -2.57. The predicted octanol–water partition coefficient (Wildman–Crippen LogP) is 4.82. The van der Waals surface area contributed by atoms with Gasteiger partial charge in [0.05, 0.1) is 16.1 Å². The molecule has 4 rings (SSSR count). The molecule has 34 heavy (non-hydrogen) atoms. The van der Waals surface area contributed by atoms with E-state index in [1.165, 1.54) is 24.3 Å². The van der Waals surface area contributed by atoms with E-state index in [4.69, 9.17) is 16.3 Å². The number of alkyl halides is 5. The van der Waals surface area contributed by atoms with Gasteiger partial charge in [-0.15, -0.1) is 0 Å². The number of benzene rings is 2. The summed E-state index contributed by atoms with van der Waals surface area (Å²) in [5, 5.41) is 3.28. The van der Waals surface area contributed by atoms with Crippen molar-refractivity contribution >= 4 is 38.2 Å². The fraction of sp³-hybridized carbons (Fsp3) is 0.333. The van der Waals surface area contributed by atoms with E-state index in [1.807, 2.05) is 0 Å². The van der Waals surface area contributed by atoms with Crippen molar-refractivity contribution in [3.8, 4) is 5.75 Å². The number of halogens is 6. The van der Waals surface area contributed by atoms with Crippen molar-refractivity contribution in [1.29, 1.82) is 0 Å². The highest BCUT2D eigenvalue weighted by Crippen LogP contribution is 2.37. The maximum Gasteiger partial charge on any atom is 0.422 e. The second-order valence-corrected chi connectivity index (χ2v) is 9.87. The molecule has 0 atom stereocenters. The quantitative estimate of drug-likeness (QED) is 0.469. The Bertz CT molecular complexity index is 1300. The molecule has 1 saturated heterocycles. The molecule has 184 valence electrons. The highest BCUT2D eigenvalue weighted by molar-refractivity contribution is 7.90. The molecule has 6 nitrogen and oxygen atoms in total. The zero-order valence-corrected chi connectivity index (χ0v) is 19.0. The minimum Gasteiger partial charge on any atom is -0.482 e. The van der Waals surface area contributed by atoms with Gasteiger partial charge in [0.25, 0.3) is 16.4 Å². The van der Waals surface area contributed by atoms with Gasteiger partial charge in [-0.1, -0.05) is 17.7 Å². The number of fused-ring (bicyclic) bond motifs is 1. The van der Waals surface area contributed by atoms with Gasteiger partial charge in [-0.2, -0.15) is 13.2 Å². The Kier molecular flexibility index (Phi) is 6.67. The Morgan fingerprint density at radius 3 is 2.44 bits per heavy atom. The number of hydrogen-bond donors (Lipinski definition) is 1. The normalized spacial score (nSPS) is 15.3. The Morgan fingerprint density at radius 2 is 1.79 bits per heavy atom. The predicted molar refractivity (Wildman–Crippen MR) is 118 cm³/mol. The van der Waals surface area contributed by atoms with Gasteiger partial charge < -0.3 is 15.0 Å². The van der Waals surface area contributed by atoms with Crippen LogP contribution in [0.15, 0.2) is 47.5 Å². The fourth-order valence-corrected chi connectivity index (χ4v) is 5.33. The van der Waals surface area contributed by atoms with Gasteiger partial charge in [0, 0.05) is 48.3 Å². The maximum atomic E-state index is 13.6. The van der Waals surface area contributed by atoms with Crippen molar-refractivity contribution in [2.24, 2.45) is 0 Å². The smallest absolute Gasteiger partial charge is 0.422 e. The standard InChI is InChI=1S/C21H19ClF5N3O3S/c22-13-1-3-15-16(20(23)24)11-30(17(15)9-13)34(31,32)14-2-4-19(33-12-21(25,26)27)18(10-14)29-7-5-28-6-8-29/h1-4,9-11,20,28H,5-8,12H2. The summed E-state index contributed by atoms with van der Waals surface area (Å²) in [5.41, 5.74) is -0.359. The summed E-state index contributed by atoms with van der Waals surface area (Å²) in [6, 6.07) is 7.38. The summed E-state index contributed by atoms with van der Waals surface area (Å²) in [5.74, 6) is -0.133. The van der Waals surface area contributed by atoms with Crippen LogP contribution >= 0.6 is 11.6 Å². The van der Waals surface area contributed by atoms with Gasteiger partial charge in [-0.3, -0.25) is 0 Å². The van der Waals surface area contributed by atoms with E-state index in [9.17, 15) is 30.4 Å². The average Bonchev–Trinajstić information content (AvgIpc) is 3.17. The van der Waals surface area contributed by atoms with Crippen LogP contribution in [0.2, 0.25) is 5.02 Å². The third-order valence-corrected chi connectivity index (χ3v) is 7.24. The van der Waals surface area contributed by atoms with Crippen molar-refractivity contribution in [3.05, 3.63) is 53.2 Å². The van der Waals surface area contributed by atoms with Crippen molar-refractivity contribution < 1.29 is 35.1 Å². The van der Waals surface area contributed by atoms with Crippen LogP contribution in [0.25, 0.3) is 10.9 Å². The second-order valence-electron chi connectivity index (χ2n) is 7.62. The van der Waals surface area contributed by atoms with Crippen molar-refractivity contribution in [2.75, 3.05) is 37.7 Å². The van der Waals surface area contributed by atoms with Crippen LogP contribution in [0, 0.1) is 0 Å². The van der Waals surface area contributed by atoms with E-state index in [0.29, 0.717) is 30.2 Å². The number of piperazine rings is 1. The van der Waals surface area contributed by atoms with Crippen LogP contribution in [0.4, 0.5) is 27.6 Å². The number of rotatable bonds is 6. The molecular formula is C21H19ClF5N3O3S. The first kappa shape index (κ1) is 24.6. The SMILES string of the molecule is O=S(=O)(c1ccc(OCC(F)(F)F)c(N2CCNCC2)c1)n1cc(C(F)F)c2ccc(Cl)cc21. The van der Waals surface area contributed by atoms with Gasteiger partial charge in [-0.25, -0.2) is 21.2 Å². The summed E-state index contributed by atoms with van der Waals surface area (Å²) >= 11 is 5.98. The molecule has 2 aromatic carbocycles. The van der Waals surface area contributed by atoms with E-state index in [1.54, 1.807) is 4.90 Å². The van der Waals surface area contributed by atoms with Crippen molar-refractivity contribution in [1.82, 2.24) is 9.29 Å². The summed E-state index contributed by atoms with van der Waals surface area (Å²) in [6.45, 7) is 0.339. The summed E-state index contributed by atoms with van der Waals surface area (Å²) in [7, 11) is -4.41. The van der Waals surface area contributed by atoms with Crippen LogP contribution in [0.1, 0.15) is 12.0 Å². The molecule has 0 radical (unpaired) electrons. The molecule has 1 aromatic heterocycles. The molecule has 0 saturated carbocycles. The largest absolute Gasteiger partial charge is 0.482 e. The summed E-state index contributed by atoms with van der Waals surface area (Å²) < 4.78 is 98.0. The van der Waals surface area contributed by atoms with Gasteiger partial charge in [0.15, 0.2) is 6.61 Å². The van der Waals surface area contributed by atoms with Crippen LogP contribution in [-0.4, -0.2) is 51.4 Å². The Labute approximate surface area is 196 Å². The molecule has 2 heterocycles. The molecule has 0 aliphatic carbocycles. The molecule has 13 heteroatoms. The molecule has 1 fully saturated rings. The lowest BCUT2D eigenvalue weighted by Gasteiger charge is -2.31. The highest BCUT2D eigenvalue weighted by Gasteiger charge is 2.31. The van der Waals surface area contributed by atoms with Gasteiger partial charge in [0.1, 0.15) is 5.75 Å². The first-order valence-electron chi connectivity index (χ1n) is 10.1. The average molecular weight is 524 g/mol. The summed E-state index contributed by atoms with van der Waals surface area (Å²) in [4.78, 5) is 1.41. The molecular weight excluding hydrogens is 505 g/mol. The topological polar surface area (TPSA) is 63.6 Å².